The summed E-state index contributed by atoms with van der Waals surface area (Å²) >= 11 is 0. The topological polar surface area (TPSA) is 49.4 Å². The first-order valence-electron chi connectivity index (χ1n) is 9.58. The van der Waals surface area contributed by atoms with Gasteiger partial charge in [-0.2, -0.15) is 13.2 Å². The molecular formula is C22H22F4N2O2. The number of benzene rings is 2. The highest BCUT2D eigenvalue weighted by atomic mass is 19.4. The Morgan fingerprint density at radius 2 is 1.70 bits per heavy atom. The summed E-state index contributed by atoms with van der Waals surface area (Å²) in [5, 5.41) is 2.62. The molecule has 1 N–H and O–H groups in total. The Labute approximate surface area is 171 Å². The van der Waals surface area contributed by atoms with E-state index < -0.39 is 28.9 Å². The van der Waals surface area contributed by atoms with Gasteiger partial charge in [0.1, 0.15) is 5.82 Å². The van der Waals surface area contributed by atoms with Crippen molar-refractivity contribution in [3.8, 4) is 0 Å². The molecule has 8 heteroatoms. The van der Waals surface area contributed by atoms with Crippen LogP contribution in [0.2, 0.25) is 0 Å². The number of likely N-dealkylation sites (tertiary alicyclic amines) is 1. The molecule has 4 nitrogen and oxygen atoms in total. The highest BCUT2D eigenvalue weighted by Gasteiger charge is 2.43. The van der Waals surface area contributed by atoms with E-state index in [1.807, 2.05) is 18.2 Å². The first-order chi connectivity index (χ1) is 14.1. The minimum absolute atomic E-state index is 0.0850. The molecule has 0 aliphatic carbocycles. The molecule has 0 unspecified atom stereocenters. The Kier molecular flexibility index (Phi) is 6.14. The lowest BCUT2D eigenvalue weighted by atomic mass is 9.72. The summed E-state index contributed by atoms with van der Waals surface area (Å²) in [6, 6.07) is 11.4. The molecule has 0 radical (unpaired) electrons. The van der Waals surface area contributed by atoms with Gasteiger partial charge in [-0.3, -0.25) is 9.59 Å². The van der Waals surface area contributed by atoms with E-state index in [0.29, 0.717) is 32.0 Å². The highest BCUT2D eigenvalue weighted by molar-refractivity contribution is 5.88. The fourth-order valence-electron chi connectivity index (χ4n) is 3.92. The average Bonchev–Trinajstić information content (AvgIpc) is 2.72. The van der Waals surface area contributed by atoms with Crippen molar-refractivity contribution in [2.45, 2.75) is 37.9 Å². The van der Waals surface area contributed by atoms with Gasteiger partial charge in [0, 0.05) is 26.6 Å². The van der Waals surface area contributed by atoms with Crippen LogP contribution in [0.4, 0.5) is 17.6 Å². The van der Waals surface area contributed by atoms with Gasteiger partial charge in [-0.25, -0.2) is 4.39 Å². The van der Waals surface area contributed by atoms with Crippen molar-refractivity contribution in [2.24, 2.45) is 0 Å². The SMILES string of the molecule is CC(=O)N1CCC(C(=O)NCc2ccc(F)cc2C(F)(F)F)(c2ccccc2)CC1. The van der Waals surface area contributed by atoms with Crippen LogP contribution in [0.5, 0.6) is 0 Å². The van der Waals surface area contributed by atoms with Crippen molar-refractivity contribution in [2.75, 3.05) is 13.1 Å². The fourth-order valence-corrected chi connectivity index (χ4v) is 3.92. The molecule has 0 aromatic heterocycles. The van der Waals surface area contributed by atoms with Crippen molar-refractivity contribution in [1.29, 1.82) is 0 Å². The van der Waals surface area contributed by atoms with Crippen molar-refractivity contribution in [1.82, 2.24) is 10.2 Å². The number of alkyl halides is 3. The number of hydrogen-bond donors (Lipinski definition) is 1. The second-order valence-electron chi connectivity index (χ2n) is 7.44. The molecule has 0 spiro atoms. The van der Waals surface area contributed by atoms with E-state index in [1.165, 1.54) is 6.92 Å². The maximum Gasteiger partial charge on any atom is 0.416 e. The van der Waals surface area contributed by atoms with Crippen molar-refractivity contribution in [3.63, 3.8) is 0 Å². The standard InChI is InChI=1S/C22H22F4N2O2/c1-15(29)28-11-9-21(10-12-28,17-5-3-2-4-6-17)20(30)27-14-16-7-8-18(23)13-19(16)22(24,25)26/h2-8,13H,9-12,14H2,1H3,(H,27,30). The predicted molar refractivity (Wildman–Crippen MR) is 103 cm³/mol. The van der Waals surface area contributed by atoms with Gasteiger partial charge in [-0.05, 0) is 36.1 Å². The van der Waals surface area contributed by atoms with Gasteiger partial charge in [0.05, 0.1) is 11.0 Å². The normalized spacial score (nSPS) is 16.2. The molecular weight excluding hydrogens is 400 g/mol. The number of halogens is 4. The molecule has 1 aliphatic rings. The zero-order valence-corrected chi connectivity index (χ0v) is 16.4. The molecule has 1 aliphatic heterocycles. The largest absolute Gasteiger partial charge is 0.416 e. The van der Waals surface area contributed by atoms with Gasteiger partial charge in [-0.15, -0.1) is 0 Å². The average molecular weight is 422 g/mol. The maximum absolute atomic E-state index is 13.3. The van der Waals surface area contributed by atoms with Crippen molar-refractivity contribution >= 4 is 11.8 Å². The fraction of sp³-hybridized carbons (Fsp3) is 0.364. The third kappa shape index (κ3) is 4.47. The van der Waals surface area contributed by atoms with Crippen molar-refractivity contribution in [3.05, 3.63) is 71.0 Å². The summed E-state index contributed by atoms with van der Waals surface area (Å²) < 4.78 is 53.1. The van der Waals surface area contributed by atoms with E-state index in [9.17, 15) is 27.2 Å². The van der Waals surface area contributed by atoms with Crippen LogP contribution < -0.4 is 5.32 Å². The molecule has 160 valence electrons. The van der Waals surface area contributed by atoms with Gasteiger partial charge < -0.3 is 10.2 Å². The van der Waals surface area contributed by atoms with Crippen LogP contribution in [0, 0.1) is 5.82 Å². The second-order valence-corrected chi connectivity index (χ2v) is 7.44. The van der Waals surface area contributed by atoms with Gasteiger partial charge >= 0.3 is 6.18 Å². The molecule has 0 saturated carbocycles. The molecule has 1 saturated heterocycles. The molecule has 0 bridgehead atoms. The van der Waals surface area contributed by atoms with Crippen LogP contribution in [0.25, 0.3) is 0 Å². The lowest BCUT2D eigenvalue weighted by Crippen LogP contribution is -2.52. The minimum Gasteiger partial charge on any atom is -0.351 e. The number of carbonyl (C=O) groups is 2. The quantitative estimate of drug-likeness (QED) is 0.756. The third-order valence-electron chi connectivity index (χ3n) is 5.64. The summed E-state index contributed by atoms with van der Waals surface area (Å²) in [5.41, 5.74) is -1.52. The number of nitrogens with zero attached hydrogens (tertiary/aromatic N) is 1. The van der Waals surface area contributed by atoms with E-state index in [1.54, 1.807) is 17.0 Å². The Morgan fingerprint density at radius 3 is 2.27 bits per heavy atom. The zero-order valence-electron chi connectivity index (χ0n) is 16.4. The van der Waals surface area contributed by atoms with E-state index >= 15 is 0 Å². The number of rotatable bonds is 4. The summed E-state index contributed by atoms with van der Waals surface area (Å²) in [4.78, 5) is 26.6. The number of amides is 2. The molecule has 2 amide bonds. The summed E-state index contributed by atoms with van der Waals surface area (Å²) in [6.07, 6.45) is -4.01. The molecule has 2 aromatic carbocycles. The predicted octanol–water partition coefficient (Wildman–Crippen LogP) is 4.04. The van der Waals surface area contributed by atoms with Crippen LogP contribution in [0.15, 0.2) is 48.5 Å². The monoisotopic (exact) mass is 422 g/mol. The van der Waals surface area contributed by atoms with E-state index in [-0.39, 0.29) is 18.0 Å². The molecule has 1 heterocycles. The van der Waals surface area contributed by atoms with Crippen LogP contribution in [0.1, 0.15) is 36.5 Å². The number of nitrogens with one attached hydrogen (secondary N) is 1. The number of carbonyl (C=O) groups excluding carboxylic acids is 2. The lowest BCUT2D eigenvalue weighted by Gasteiger charge is -2.40. The Bertz CT molecular complexity index is 920. The Morgan fingerprint density at radius 1 is 1.07 bits per heavy atom. The smallest absolute Gasteiger partial charge is 0.351 e. The molecule has 3 rings (SSSR count). The first-order valence-corrected chi connectivity index (χ1v) is 9.58. The van der Waals surface area contributed by atoms with Crippen LogP contribution in [-0.2, 0) is 27.7 Å². The Balaban J connectivity index is 1.85. The van der Waals surface area contributed by atoms with Crippen LogP contribution >= 0.6 is 0 Å². The van der Waals surface area contributed by atoms with E-state index in [4.69, 9.17) is 0 Å². The number of hydrogen-bond acceptors (Lipinski definition) is 2. The molecule has 0 atom stereocenters. The minimum atomic E-state index is -4.73. The van der Waals surface area contributed by atoms with Gasteiger partial charge in [0.15, 0.2) is 0 Å². The number of piperidine rings is 1. The van der Waals surface area contributed by atoms with Gasteiger partial charge in [0.25, 0.3) is 0 Å². The highest BCUT2D eigenvalue weighted by Crippen LogP contribution is 2.37. The van der Waals surface area contributed by atoms with Crippen LogP contribution in [0.3, 0.4) is 0 Å². The maximum atomic E-state index is 13.3. The van der Waals surface area contributed by atoms with Gasteiger partial charge in [-0.1, -0.05) is 36.4 Å². The Hall–Kier alpha value is -2.90. The van der Waals surface area contributed by atoms with E-state index in [0.717, 1.165) is 17.7 Å². The molecule has 2 aromatic rings. The van der Waals surface area contributed by atoms with Gasteiger partial charge in [0.2, 0.25) is 11.8 Å². The van der Waals surface area contributed by atoms with E-state index in [2.05, 4.69) is 5.32 Å². The lowest BCUT2D eigenvalue weighted by molar-refractivity contribution is -0.139. The van der Waals surface area contributed by atoms with Crippen LogP contribution in [-0.4, -0.2) is 29.8 Å². The summed E-state index contributed by atoms with van der Waals surface area (Å²) in [6.45, 7) is 1.84. The van der Waals surface area contributed by atoms with Crippen molar-refractivity contribution < 1.29 is 27.2 Å². The second kappa shape index (κ2) is 8.45. The summed E-state index contributed by atoms with van der Waals surface area (Å²) in [5.74, 6) is -1.48. The third-order valence-corrected chi connectivity index (χ3v) is 5.64. The zero-order chi connectivity index (χ0) is 21.9. The first kappa shape index (κ1) is 21.8. The molecule has 30 heavy (non-hydrogen) atoms. The summed E-state index contributed by atoms with van der Waals surface area (Å²) in [7, 11) is 0. The molecule has 1 fully saturated rings.